The maximum atomic E-state index is 13.4. The van der Waals surface area contributed by atoms with Gasteiger partial charge in [-0.3, -0.25) is 4.79 Å². The zero-order valence-corrected chi connectivity index (χ0v) is 14.3. The smallest absolute Gasteiger partial charge is 0.230 e. The number of hydrogen-bond acceptors (Lipinski definition) is 5. The molecule has 2 heterocycles. The second-order valence-corrected chi connectivity index (χ2v) is 6.87. The van der Waals surface area contributed by atoms with E-state index >= 15 is 0 Å². The maximum absolute atomic E-state index is 13.4. The molecule has 0 radical (unpaired) electrons. The summed E-state index contributed by atoms with van der Waals surface area (Å²) in [5.74, 6) is 0.407. The third kappa shape index (κ3) is 3.81. The third-order valence-electron chi connectivity index (χ3n) is 3.53. The molecule has 3 rings (SSSR count). The number of aromatic amines is 1. The second-order valence-electron chi connectivity index (χ2n) is 5.93. The number of fused-ring (bicyclic) bond motifs is 3. The molecule has 3 aromatic rings. The van der Waals surface area contributed by atoms with Crippen molar-refractivity contribution in [2.45, 2.75) is 25.4 Å². The van der Waals surface area contributed by atoms with Crippen LogP contribution < -0.4 is 5.32 Å². The first-order valence-corrected chi connectivity index (χ1v) is 8.72. The molecule has 2 N–H and O–H groups in total. The van der Waals surface area contributed by atoms with Crippen LogP contribution in [-0.2, 0) is 4.79 Å². The standard InChI is InChI=1S/C16H18FN5OS/c1-9(2)5-6-18-13(23)8-24-16-20-15-14(21-22-16)11-7-10(17)3-4-12(11)19-15/h3-4,7,9H,5-6,8H2,1-2H3,(H,18,23)(H,19,20,22). The summed E-state index contributed by atoms with van der Waals surface area (Å²) in [5.41, 5.74) is 1.81. The zero-order chi connectivity index (χ0) is 17.1. The maximum Gasteiger partial charge on any atom is 0.230 e. The van der Waals surface area contributed by atoms with E-state index in [0.717, 1.165) is 11.9 Å². The number of nitrogens with zero attached hydrogens (tertiary/aromatic N) is 3. The summed E-state index contributed by atoms with van der Waals surface area (Å²) in [6, 6.07) is 4.42. The van der Waals surface area contributed by atoms with Crippen LogP contribution in [0.15, 0.2) is 23.4 Å². The van der Waals surface area contributed by atoms with E-state index in [2.05, 4.69) is 39.3 Å². The predicted octanol–water partition coefficient (Wildman–Crippen LogP) is 2.90. The molecular formula is C16H18FN5OS. The lowest BCUT2D eigenvalue weighted by Crippen LogP contribution is -2.27. The Balaban J connectivity index is 1.68. The first-order chi connectivity index (χ1) is 11.5. The average Bonchev–Trinajstić information content (AvgIpc) is 2.89. The normalized spacial score (nSPS) is 11.5. The molecule has 0 saturated heterocycles. The number of rotatable bonds is 6. The summed E-state index contributed by atoms with van der Waals surface area (Å²) in [4.78, 5) is 19.2. The highest BCUT2D eigenvalue weighted by atomic mass is 32.2. The highest BCUT2D eigenvalue weighted by Gasteiger charge is 2.11. The molecule has 0 bridgehead atoms. The van der Waals surface area contributed by atoms with Crippen LogP contribution in [0.4, 0.5) is 4.39 Å². The van der Waals surface area contributed by atoms with Gasteiger partial charge in [0.2, 0.25) is 11.1 Å². The Morgan fingerprint density at radius 1 is 1.38 bits per heavy atom. The summed E-state index contributed by atoms with van der Waals surface area (Å²) in [6.07, 6.45) is 0.950. The van der Waals surface area contributed by atoms with E-state index < -0.39 is 0 Å². The van der Waals surface area contributed by atoms with Gasteiger partial charge < -0.3 is 10.3 Å². The molecule has 0 aliphatic carbocycles. The van der Waals surface area contributed by atoms with E-state index in [-0.39, 0.29) is 17.5 Å². The molecule has 1 aromatic carbocycles. The molecule has 2 aromatic heterocycles. The quantitative estimate of drug-likeness (QED) is 0.670. The molecule has 1 amide bonds. The summed E-state index contributed by atoms with van der Waals surface area (Å²) in [7, 11) is 0. The van der Waals surface area contributed by atoms with E-state index in [1.54, 1.807) is 6.07 Å². The molecule has 126 valence electrons. The van der Waals surface area contributed by atoms with Gasteiger partial charge in [0.15, 0.2) is 5.65 Å². The number of aromatic nitrogens is 4. The highest BCUT2D eigenvalue weighted by molar-refractivity contribution is 7.99. The number of nitrogens with one attached hydrogen (secondary N) is 2. The van der Waals surface area contributed by atoms with E-state index in [4.69, 9.17) is 0 Å². The third-order valence-corrected chi connectivity index (χ3v) is 4.37. The van der Waals surface area contributed by atoms with Crippen molar-refractivity contribution < 1.29 is 9.18 Å². The fourth-order valence-electron chi connectivity index (χ4n) is 2.27. The van der Waals surface area contributed by atoms with Gasteiger partial charge in [0, 0.05) is 17.4 Å². The zero-order valence-electron chi connectivity index (χ0n) is 13.5. The first-order valence-electron chi connectivity index (χ1n) is 7.74. The Morgan fingerprint density at radius 3 is 3.00 bits per heavy atom. The fraction of sp³-hybridized carbons (Fsp3) is 0.375. The highest BCUT2D eigenvalue weighted by Crippen LogP contribution is 2.24. The SMILES string of the molecule is CC(C)CCNC(=O)CSc1nnc2c(n1)[nH]c1ccc(F)cc12. The first kappa shape index (κ1) is 16.6. The van der Waals surface area contributed by atoms with Gasteiger partial charge in [0.25, 0.3) is 0 Å². The molecule has 0 spiro atoms. The van der Waals surface area contributed by atoms with Crippen LogP contribution in [0, 0.1) is 11.7 Å². The predicted molar refractivity (Wildman–Crippen MR) is 92.3 cm³/mol. The average molecular weight is 347 g/mol. The number of thioether (sulfide) groups is 1. The van der Waals surface area contributed by atoms with Gasteiger partial charge in [-0.25, -0.2) is 9.37 Å². The van der Waals surface area contributed by atoms with E-state index in [0.29, 0.717) is 34.2 Å². The number of H-pyrrole nitrogens is 1. The molecule has 24 heavy (non-hydrogen) atoms. The lowest BCUT2D eigenvalue weighted by atomic mass is 10.1. The Kier molecular flexibility index (Phi) is 4.94. The fourth-order valence-corrected chi connectivity index (χ4v) is 2.89. The van der Waals surface area contributed by atoms with Crippen molar-refractivity contribution in [3.8, 4) is 0 Å². The topological polar surface area (TPSA) is 83.6 Å². The van der Waals surface area contributed by atoms with Gasteiger partial charge in [-0.15, -0.1) is 10.2 Å². The lowest BCUT2D eigenvalue weighted by Gasteiger charge is -2.06. The van der Waals surface area contributed by atoms with Crippen LogP contribution in [-0.4, -0.2) is 38.4 Å². The van der Waals surface area contributed by atoms with E-state index in [1.807, 2.05) is 0 Å². The molecule has 0 fully saturated rings. The van der Waals surface area contributed by atoms with Crippen molar-refractivity contribution >= 4 is 39.7 Å². The largest absolute Gasteiger partial charge is 0.355 e. The molecule has 0 aliphatic rings. The van der Waals surface area contributed by atoms with Crippen molar-refractivity contribution in [1.82, 2.24) is 25.5 Å². The summed E-state index contributed by atoms with van der Waals surface area (Å²) in [5, 5.41) is 12.1. The van der Waals surface area contributed by atoms with Gasteiger partial charge in [-0.1, -0.05) is 25.6 Å². The van der Waals surface area contributed by atoms with Crippen LogP contribution in [0.5, 0.6) is 0 Å². The number of halogens is 1. The number of amides is 1. The number of carbonyl (C=O) groups is 1. The van der Waals surface area contributed by atoms with Crippen molar-refractivity contribution in [2.75, 3.05) is 12.3 Å². The second kappa shape index (κ2) is 7.12. The molecule has 0 atom stereocenters. The van der Waals surface area contributed by atoms with Crippen molar-refractivity contribution in [2.24, 2.45) is 5.92 Å². The van der Waals surface area contributed by atoms with Crippen LogP contribution in [0.1, 0.15) is 20.3 Å². The Morgan fingerprint density at radius 2 is 2.21 bits per heavy atom. The molecule has 8 heteroatoms. The summed E-state index contributed by atoms with van der Waals surface area (Å²) >= 11 is 1.22. The van der Waals surface area contributed by atoms with E-state index in [9.17, 15) is 9.18 Å². The number of carbonyl (C=O) groups excluding carboxylic acids is 1. The van der Waals surface area contributed by atoms with Gasteiger partial charge >= 0.3 is 0 Å². The molecule has 0 aliphatic heterocycles. The van der Waals surface area contributed by atoms with Crippen molar-refractivity contribution in [1.29, 1.82) is 0 Å². The minimum Gasteiger partial charge on any atom is -0.355 e. The molecular weight excluding hydrogens is 329 g/mol. The Hall–Kier alpha value is -2.22. The molecule has 0 saturated carbocycles. The van der Waals surface area contributed by atoms with Crippen LogP contribution in [0.3, 0.4) is 0 Å². The lowest BCUT2D eigenvalue weighted by molar-refractivity contribution is -0.118. The monoisotopic (exact) mass is 347 g/mol. The van der Waals surface area contributed by atoms with Crippen LogP contribution in [0.2, 0.25) is 0 Å². The van der Waals surface area contributed by atoms with Crippen molar-refractivity contribution in [3.05, 3.63) is 24.0 Å². The number of hydrogen-bond donors (Lipinski definition) is 2. The van der Waals surface area contributed by atoms with E-state index in [1.165, 1.54) is 23.9 Å². The van der Waals surface area contributed by atoms with Crippen LogP contribution in [0.25, 0.3) is 22.1 Å². The van der Waals surface area contributed by atoms with Gasteiger partial charge in [0.1, 0.15) is 11.3 Å². The summed E-state index contributed by atoms with van der Waals surface area (Å²) < 4.78 is 13.4. The Bertz CT molecular complexity index is 879. The molecule has 0 unspecified atom stereocenters. The number of benzene rings is 1. The van der Waals surface area contributed by atoms with Gasteiger partial charge in [-0.2, -0.15) is 0 Å². The molecule has 6 nitrogen and oxygen atoms in total. The Labute approximate surface area is 142 Å². The summed E-state index contributed by atoms with van der Waals surface area (Å²) in [6.45, 7) is 4.90. The minimum atomic E-state index is -0.332. The minimum absolute atomic E-state index is 0.0527. The van der Waals surface area contributed by atoms with Crippen LogP contribution >= 0.6 is 11.8 Å². The van der Waals surface area contributed by atoms with Crippen molar-refractivity contribution in [3.63, 3.8) is 0 Å². The van der Waals surface area contributed by atoms with Gasteiger partial charge in [0.05, 0.1) is 5.75 Å². The van der Waals surface area contributed by atoms with Gasteiger partial charge in [-0.05, 0) is 30.5 Å².